The molecule has 1 aliphatic heterocycles. The Morgan fingerprint density at radius 1 is 0.927 bits per heavy atom. The van der Waals surface area contributed by atoms with Crippen molar-refractivity contribution >= 4 is 22.7 Å². The number of pyridine rings is 1. The quantitative estimate of drug-likeness (QED) is 0.330. The lowest BCUT2D eigenvalue weighted by Gasteiger charge is -2.45. The van der Waals surface area contributed by atoms with Crippen LogP contribution in [0.25, 0.3) is 10.9 Å². The van der Waals surface area contributed by atoms with Crippen molar-refractivity contribution in [3.63, 3.8) is 0 Å². The topological polar surface area (TPSA) is 53.5 Å². The molecule has 3 aromatic rings. The number of amides is 2. The first-order chi connectivity index (χ1) is 19.6. The molecule has 2 aliphatic rings. The number of para-hydroxylation sites is 1. The molecule has 2 amide bonds. The van der Waals surface area contributed by atoms with Crippen LogP contribution in [0.2, 0.25) is 0 Å². The third kappa shape index (κ3) is 6.74. The number of halogens is 3. The Kier molecular flexibility index (Phi) is 8.66. The molecule has 2 aromatic carbocycles. The van der Waals surface area contributed by atoms with E-state index in [1.807, 2.05) is 59.5 Å². The van der Waals surface area contributed by atoms with Gasteiger partial charge in [-0.25, -0.2) is 0 Å². The summed E-state index contributed by atoms with van der Waals surface area (Å²) in [5.74, 6) is -0.867. The molecule has 2 fully saturated rings. The zero-order chi connectivity index (χ0) is 29.1. The summed E-state index contributed by atoms with van der Waals surface area (Å²) in [6.07, 6.45) is 0.496. The molecule has 41 heavy (non-hydrogen) atoms. The minimum atomic E-state index is -5.00. The second-order valence-electron chi connectivity index (χ2n) is 12.1. The number of nitrogens with zero attached hydrogens (tertiary/aromatic N) is 3. The smallest absolute Gasteiger partial charge is 0.339 e. The van der Waals surface area contributed by atoms with Crippen molar-refractivity contribution in [1.29, 1.82) is 0 Å². The summed E-state index contributed by atoms with van der Waals surface area (Å²) in [6, 6.07) is 17.8. The van der Waals surface area contributed by atoms with Crippen LogP contribution in [-0.2, 0) is 22.6 Å². The van der Waals surface area contributed by atoms with Crippen LogP contribution in [0.5, 0.6) is 0 Å². The Hall–Kier alpha value is -3.42. The number of hydrogen-bond donors (Lipinski definition) is 0. The zero-order valence-corrected chi connectivity index (χ0v) is 23.7. The standard InChI is InChI=1S/C33H38F3N3O2/c1-22-16-23(2)18-26(17-22)31(40)38-15-13-27(20-28(38)19-24-8-4-3-5-9-24)39(32(41)33(34,35)36)21-25-12-14-37-30-11-7-6-10-29(25)30/h3-12,14,22-23,26-28H,13,15-21H2,1-2H3. The highest BCUT2D eigenvalue weighted by Gasteiger charge is 2.47. The van der Waals surface area contributed by atoms with Crippen molar-refractivity contribution in [2.75, 3.05) is 6.54 Å². The molecule has 5 nitrogen and oxygen atoms in total. The number of piperidine rings is 1. The number of carbonyl (C=O) groups excluding carboxylic acids is 2. The molecule has 0 radical (unpaired) electrons. The lowest BCUT2D eigenvalue weighted by molar-refractivity contribution is -0.190. The van der Waals surface area contributed by atoms with Gasteiger partial charge in [0.15, 0.2) is 0 Å². The lowest BCUT2D eigenvalue weighted by Crippen LogP contribution is -2.56. The minimum Gasteiger partial charge on any atom is -0.339 e. The number of carbonyl (C=O) groups is 2. The molecule has 4 atom stereocenters. The molecular weight excluding hydrogens is 527 g/mol. The van der Waals surface area contributed by atoms with Gasteiger partial charge in [-0.3, -0.25) is 14.6 Å². The molecule has 4 unspecified atom stereocenters. The van der Waals surface area contributed by atoms with Gasteiger partial charge in [-0.2, -0.15) is 13.2 Å². The Morgan fingerprint density at radius 3 is 2.32 bits per heavy atom. The summed E-state index contributed by atoms with van der Waals surface area (Å²) in [5.41, 5.74) is 2.31. The normalized spacial score (nSPS) is 25.2. The molecular formula is C33H38F3N3O2. The van der Waals surface area contributed by atoms with Gasteiger partial charge in [-0.1, -0.05) is 62.4 Å². The molecule has 0 N–H and O–H groups in total. The Balaban J connectivity index is 1.44. The number of aromatic nitrogens is 1. The molecule has 1 aromatic heterocycles. The van der Waals surface area contributed by atoms with Crippen molar-refractivity contribution in [2.24, 2.45) is 17.8 Å². The summed E-state index contributed by atoms with van der Waals surface area (Å²) in [4.78, 5) is 34.1. The minimum absolute atomic E-state index is 0.0698. The number of hydrogen-bond acceptors (Lipinski definition) is 3. The van der Waals surface area contributed by atoms with E-state index in [2.05, 4.69) is 18.8 Å². The van der Waals surface area contributed by atoms with E-state index in [1.54, 1.807) is 12.3 Å². The first-order valence-corrected chi connectivity index (χ1v) is 14.6. The van der Waals surface area contributed by atoms with Crippen molar-refractivity contribution in [3.8, 4) is 0 Å². The van der Waals surface area contributed by atoms with Crippen LogP contribution in [0.3, 0.4) is 0 Å². The maximum absolute atomic E-state index is 14.0. The van der Waals surface area contributed by atoms with Crippen molar-refractivity contribution in [1.82, 2.24) is 14.8 Å². The van der Waals surface area contributed by atoms with Gasteiger partial charge in [-0.05, 0) is 73.6 Å². The van der Waals surface area contributed by atoms with Crippen LogP contribution in [0.4, 0.5) is 13.2 Å². The van der Waals surface area contributed by atoms with Gasteiger partial charge in [0.1, 0.15) is 0 Å². The van der Waals surface area contributed by atoms with E-state index in [0.29, 0.717) is 48.7 Å². The largest absolute Gasteiger partial charge is 0.471 e. The zero-order valence-electron chi connectivity index (χ0n) is 23.7. The summed E-state index contributed by atoms with van der Waals surface area (Å²) in [5, 5.41) is 0.726. The van der Waals surface area contributed by atoms with E-state index < -0.39 is 18.1 Å². The fraction of sp³-hybridized carbons (Fsp3) is 0.485. The van der Waals surface area contributed by atoms with Crippen molar-refractivity contribution in [2.45, 2.75) is 77.2 Å². The van der Waals surface area contributed by atoms with Crippen molar-refractivity contribution < 1.29 is 22.8 Å². The highest BCUT2D eigenvalue weighted by atomic mass is 19.4. The maximum atomic E-state index is 14.0. The second kappa shape index (κ2) is 12.2. The fourth-order valence-corrected chi connectivity index (χ4v) is 7.07. The number of benzene rings is 2. The van der Waals surface area contributed by atoms with Crippen molar-refractivity contribution in [3.05, 3.63) is 78.0 Å². The van der Waals surface area contributed by atoms with Crippen LogP contribution >= 0.6 is 0 Å². The number of likely N-dealkylation sites (tertiary alicyclic amines) is 1. The Bertz CT molecular complexity index is 1350. The highest BCUT2D eigenvalue weighted by molar-refractivity contribution is 5.85. The van der Waals surface area contributed by atoms with Gasteiger partial charge < -0.3 is 9.80 Å². The van der Waals surface area contributed by atoms with Gasteiger partial charge in [0.25, 0.3) is 0 Å². The molecule has 0 bridgehead atoms. The molecule has 5 rings (SSSR count). The van der Waals surface area contributed by atoms with E-state index in [0.717, 1.165) is 35.1 Å². The fourth-order valence-electron chi connectivity index (χ4n) is 7.07. The molecule has 0 spiro atoms. The molecule has 8 heteroatoms. The van der Waals surface area contributed by atoms with Gasteiger partial charge in [-0.15, -0.1) is 0 Å². The maximum Gasteiger partial charge on any atom is 0.471 e. The third-order valence-corrected chi connectivity index (χ3v) is 8.84. The predicted molar refractivity (Wildman–Crippen MR) is 153 cm³/mol. The average molecular weight is 566 g/mol. The Labute approximate surface area is 239 Å². The highest BCUT2D eigenvalue weighted by Crippen LogP contribution is 2.37. The van der Waals surface area contributed by atoms with Crippen LogP contribution in [-0.4, -0.2) is 51.4 Å². The summed E-state index contributed by atoms with van der Waals surface area (Å²) in [6.45, 7) is 4.54. The van der Waals surface area contributed by atoms with E-state index in [9.17, 15) is 22.8 Å². The Morgan fingerprint density at radius 2 is 1.61 bits per heavy atom. The van der Waals surface area contributed by atoms with Gasteiger partial charge >= 0.3 is 12.1 Å². The SMILES string of the molecule is CC1CC(C)CC(C(=O)N2CCC(N(Cc3ccnc4ccccc34)C(=O)C(F)(F)F)CC2Cc2ccccc2)C1. The van der Waals surface area contributed by atoms with Crippen LogP contribution < -0.4 is 0 Å². The summed E-state index contributed by atoms with van der Waals surface area (Å²) >= 11 is 0. The summed E-state index contributed by atoms with van der Waals surface area (Å²) in [7, 11) is 0. The van der Waals surface area contributed by atoms with Crippen LogP contribution in [0, 0.1) is 17.8 Å². The first kappa shape index (κ1) is 29.1. The van der Waals surface area contributed by atoms with Gasteiger partial charge in [0.05, 0.1) is 5.52 Å². The van der Waals surface area contributed by atoms with E-state index in [1.165, 1.54) is 0 Å². The monoisotopic (exact) mass is 565 g/mol. The predicted octanol–water partition coefficient (Wildman–Crippen LogP) is 6.80. The third-order valence-electron chi connectivity index (χ3n) is 8.84. The molecule has 1 saturated carbocycles. The average Bonchev–Trinajstić information content (AvgIpc) is 2.95. The molecule has 218 valence electrons. The van der Waals surface area contributed by atoms with Crippen LogP contribution in [0.15, 0.2) is 66.9 Å². The number of rotatable bonds is 6. The van der Waals surface area contributed by atoms with E-state index in [4.69, 9.17) is 0 Å². The first-order valence-electron chi connectivity index (χ1n) is 14.6. The molecule has 1 aliphatic carbocycles. The number of alkyl halides is 3. The van der Waals surface area contributed by atoms with E-state index in [-0.39, 0.29) is 24.4 Å². The summed E-state index contributed by atoms with van der Waals surface area (Å²) < 4.78 is 41.9. The number of fused-ring (bicyclic) bond motifs is 1. The second-order valence-corrected chi connectivity index (χ2v) is 12.1. The lowest BCUT2D eigenvalue weighted by atomic mass is 9.75. The molecule has 2 heterocycles. The van der Waals surface area contributed by atoms with E-state index >= 15 is 0 Å². The van der Waals surface area contributed by atoms with Gasteiger partial charge in [0.2, 0.25) is 5.91 Å². The van der Waals surface area contributed by atoms with Gasteiger partial charge in [0, 0.05) is 42.7 Å². The molecule has 1 saturated heterocycles. The van der Waals surface area contributed by atoms with Crippen LogP contribution in [0.1, 0.15) is 57.1 Å².